The van der Waals surface area contributed by atoms with E-state index < -0.39 is 75.3 Å². The lowest BCUT2D eigenvalue weighted by Crippen LogP contribution is -2.77. The summed E-state index contributed by atoms with van der Waals surface area (Å²) in [5.41, 5.74) is -5.13. The number of esters is 2. The molecule has 1 aromatic rings. The molecule has 0 unspecified atom stereocenters. The third-order valence-electron chi connectivity index (χ3n) is 17.1. The third kappa shape index (κ3) is 4.39. The van der Waals surface area contributed by atoms with Gasteiger partial charge in [-0.2, -0.15) is 0 Å². The third-order valence-corrected chi connectivity index (χ3v) is 17.1. The number of rotatable bonds is 6. The van der Waals surface area contributed by atoms with Crippen molar-refractivity contribution in [3.05, 3.63) is 23.7 Å². The molecule has 4 aliphatic carbocycles. The first kappa shape index (κ1) is 36.0. The van der Waals surface area contributed by atoms with Crippen molar-refractivity contribution in [1.82, 2.24) is 10.6 Å². The molecule has 0 radical (unpaired) electrons. The Kier molecular flexibility index (Phi) is 7.90. The molecule has 0 amide bonds. The van der Waals surface area contributed by atoms with Crippen LogP contribution in [0.3, 0.4) is 0 Å². The molecule has 5 saturated heterocycles. The van der Waals surface area contributed by atoms with Gasteiger partial charge < -0.3 is 44.2 Å². The lowest BCUT2D eigenvalue weighted by Gasteiger charge is -2.67. The smallest absolute Gasteiger partial charge is 0.339 e. The minimum atomic E-state index is -1.43. The number of aliphatic hydroxyl groups is 2. The van der Waals surface area contributed by atoms with Crippen LogP contribution in [0, 0.1) is 45.3 Å². The van der Waals surface area contributed by atoms with Crippen LogP contribution in [0.5, 0.6) is 0 Å². The van der Waals surface area contributed by atoms with Crippen molar-refractivity contribution in [3.63, 3.8) is 0 Å². The molecule has 5 aliphatic heterocycles. The quantitative estimate of drug-likeness (QED) is 0.245. The number of hydrogen-bond donors (Lipinski definition) is 4. The Morgan fingerprint density at radius 1 is 0.944 bits per heavy atom. The van der Waals surface area contributed by atoms with E-state index in [9.17, 15) is 24.6 Å². The van der Waals surface area contributed by atoms with E-state index in [1.165, 1.54) is 0 Å². The molecule has 10 rings (SSSR count). The number of epoxide rings is 1. The zero-order chi connectivity index (χ0) is 37.6. The van der Waals surface area contributed by atoms with Crippen molar-refractivity contribution in [1.29, 1.82) is 0 Å². The van der Waals surface area contributed by atoms with E-state index >= 15 is 0 Å². The highest BCUT2D eigenvalue weighted by Crippen LogP contribution is 2.81. The van der Waals surface area contributed by atoms with Crippen molar-refractivity contribution >= 4 is 17.7 Å². The Morgan fingerprint density at radius 3 is 2.50 bits per heavy atom. The maximum absolute atomic E-state index is 14.9. The van der Waals surface area contributed by atoms with Gasteiger partial charge in [-0.25, -0.2) is 4.79 Å². The van der Waals surface area contributed by atoms with Crippen LogP contribution >= 0.6 is 0 Å². The number of carbonyl (C=O) groups excluding carboxylic acids is 3. The second-order valence-electron chi connectivity index (χ2n) is 19.9. The van der Waals surface area contributed by atoms with Crippen molar-refractivity contribution in [2.45, 2.75) is 153 Å². The molecular formula is C42H58N2O10. The largest absolute Gasteiger partial charge is 0.469 e. The number of cyclic esters (lactones) is 2. The Bertz CT molecular complexity index is 1730. The summed E-state index contributed by atoms with van der Waals surface area (Å²) >= 11 is 0. The molecule has 12 heteroatoms. The van der Waals surface area contributed by atoms with Crippen molar-refractivity contribution in [3.8, 4) is 0 Å². The number of aliphatic hydroxyl groups excluding tert-OH is 2. The molecule has 4 N–H and O–H groups in total. The molecular weight excluding hydrogens is 692 g/mol. The minimum Gasteiger partial charge on any atom is -0.469 e. The molecule has 4 saturated carbocycles. The van der Waals surface area contributed by atoms with Gasteiger partial charge in [0, 0.05) is 47.5 Å². The van der Waals surface area contributed by atoms with E-state index in [2.05, 4.69) is 17.6 Å². The number of carbonyl (C=O) groups is 3. The zero-order valence-electron chi connectivity index (χ0n) is 32.2. The number of Topliss-reactive ketones (excluding diaryl/α,β-unsaturated/α-hetero) is 1. The molecule has 296 valence electrons. The Balaban J connectivity index is 0.996. The lowest BCUT2D eigenvalue weighted by molar-refractivity contribution is -0.264. The summed E-state index contributed by atoms with van der Waals surface area (Å²) in [6, 6.07) is 2.38. The molecule has 1 aromatic heterocycles. The molecule has 12 nitrogen and oxygen atoms in total. The molecule has 6 heterocycles. The van der Waals surface area contributed by atoms with Crippen molar-refractivity contribution in [2.24, 2.45) is 45.3 Å². The van der Waals surface area contributed by atoms with Crippen LogP contribution in [0.25, 0.3) is 0 Å². The second-order valence-corrected chi connectivity index (χ2v) is 19.9. The highest BCUT2D eigenvalue weighted by molar-refractivity contribution is 5.92. The Labute approximate surface area is 317 Å². The summed E-state index contributed by atoms with van der Waals surface area (Å²) in [7, 11) is 0. The normalized spacial score (nSPS) is 49.7. The molecule has 9 aliphatic rings. The number of fused-ring (bicyclic) bond motifs is 2. The molecule has 54 heavy (non-hydrogen) atoms. The van der Waals surface area contributed by atoms with Crippen LogP contribution < -0.4 is 10.6 Å². The fourth-order valence-electron chi connectivity index (χ4n) is 14.8. The van der Waals surface area contributed by atoms with Gasteiger partial charge in [0.1, 0.15) is 30.2 Å². The highest BCUT2D eigenvalue weighted by Gasteiger charge is 2.91. The summed E-state index contributed by atoms with van der Waals surface area (Å²) < 4.78 is 32.4. The van der Waals surface area contributed by atoms with Gasteiger partial charge in [0.15, 0.2) is 11.9 Å². The number of nitrogens with one attached hydrogen (secondary N) is 2. The van der Waals surface area contributed by atoms with Gasteiger partial charge in [0.2, 0.25) is 0 Å². The monoisotopic (exact) mass is 750 g/mol. The van der Waals surface area contributed by atoms with Gasteiger partial charge in [-0.15, -0.1) is 0 Å². The van der Waals surface area contributed by atoms with E-state index in [1.54, 1.807) is 6.26 Å². The predicted octanol–water partition coefficient (Wildman–Crippen LogP) is 3.90. The minimum absolute atomic E-state index is 0.0101. The van der Waals surface area contributed by atoms with E-state index in [-0.39, 0.29) is 30.2 Å². The second kappa shape index (κ2) is 11.8. The highest BCUT2D eigenvalue weighted by atomic mass is 16.7. The Hall–Kier alpha value is -2.35. The number of ketones is 1. The van der Waals surface area contributed by atoms with E-state index in [0.29, 0.717) is 49.8 Å². The van der Waals surface area contributed by atoms with Crippen molar-refractivity contribution in [2.75, 3.05) is 19.8 Å². The van der Waals surface area contributed by atoms with E-state index in [0.717, 1.165) is 63.7 Å². The van der Waals surface area contributed by atoms with Gasteiger partial charge >= 0.3 is 11.9 Å². The molecule has 9 fully saturated rings. The molecule has 0 aromatic carbocycles. The summed E-state index contributed by atoms with van der Waals surface area (Å²) in [5, 5.41) is 30.6. The molecule has 14 atom stereocenters. The van der Waals surface area contributed by atoms with Crippen LogP contribution in [0.1, 0.15) is 116 Å². The fraction of sp³-hybridized carbons (Fsp3) is 0.833. The first-order valence-corrected chi connectivity index (χ1v) is 20.9. The summed E-state index contributed by atoms with van der Waals surface area (Å²) in [6.07, 6.45) is 7.21. The average Bonchev–Trinajstić information content (AvgIpc) is 3.60. The first-order chi connectivity index (χ1) is 25.7. The summed E-state index contributed by atoms with van der Waals surface area (Å²) in [4.78, 5) is 42.7. The van der Waals surface area contributed by atoms with Gasteiger partial charge in [-0.05, 0) is 95.5 Å². The van der Waals surface area contributed by atoms with E-state index in [4.69, 9.17) is 23.4 Å². The average molecular weight is 751 g/mol. The Morgan fingerprint density at radius 2 is 1.74 bits per heavy atom. The summed E-state index contributed by atoms with van der Waals surface area (Å²) in [5.74, 6) is -0.842. The molecule has 0 bridgehead atoms. The van der Waals surface area contributed by atoms with Crippen molar-refractivity contribution < 1.29 is 48.0 Å². The van der Waals surface area contributed by atoms with Crippen LogP contribution in [0.15, 0.2) is 16.7 Å². The van der Waals surface area contributed by atoms with Gasteiger partial charge in [0.05, 0.1) is 35.4 Å². The maximum Gasteiger partial charge on any atom is 0.339 e. The van der Waals surface area contributed by atoms with Crippen LogP contribution in [0.2, 0.25) is 0 Å². The SMILES string of the molecule is CC1(C)O[C@H]2C3(CCCC3)C(=O)OC[C@@]23[C@@H]1C(=O)[C@@H](O)[C@]1(C)[C@@H]3CC[C@@]2(C)[C@H](c3ccoc3C[C@@H]3C[C@H](CC[C@@H]4CNCN4)CC[C@H]3O)OC(=O)[C@H]3O[C@@]312. The van der Waals surface area contributed by atoms with Crippen LogP contribution in [0.4, 0.5) is 0 Å². The first-order valence-electron chi connectivity index (χ1n) is 20.9. The van der Waals surface area contributed by atoms with Gasteiger partial charge in [0.25, 0.3) is 0 Å². The van der Waals surface area contributed by atoms with Gasteiger partial charge in [-0.1, -0.05) is 26.7 Å². The van der Waals surface area contributed by atoms with Crippen LogP contribution in [-0.4, -0.2) is 89.4 Å². The van der Waals surface area contributed by atoms with E-state index in [1.807, 2.05) is 26.8 Å². The number of ether oxygens (including phenoxy) is 4. The maximum atomic E-state index is 14.9. The number of hydrogen-bond acceptors (Lipinski definition) is 12. The molecule has 3 spiro atoms. The van der Waals surface area contributed by atoms with Crippen LogP contribution in [-0.2, 0) is 39.8 Å². The fourth-order valence-corrected chi connectivity index (χ4v) is 14.8. The topological polar surface area (TPSA) is 169 Å². The summed E-state index contributed by atoms with van der Waals surface area (Å²) in [6.45, 7) is 9.77. The lowest BCUT2D eigenvalue weighted by atomic mass is 9.35. The van der Waals surface area contributed by atoms with Gasteiger partial charge in [-0.3, -0.25) is 9.59 Å². The predicted molar refractivity (Wildman–Crippen MR) is 191 cm³/mol. The number of furan rings is 1. The standard InChI is InChI=1S/C42H58N2O10/c1-37(2)30-29(46)31(47)39(4)28(41(30)20-51-36(49)40(35(41)54-37)13-5-6-14-40)11-15-38(3)32(52-34(48)33-42(38,39)53-33)25-12-16-50-27(25)18-23-17-22(8-10-26(23)45)7-9-24-19-43-21-44-24/h12,16,22-24,26,28,30-33,35,43-45,47H,5-11,13-15,17-21H2,1-4H3/t22-,23+,24-,26-,28+,30-,31-,32+,33-,35+,38+,39+,41-,42-/m1/s1. The zero-order valence-corrected chi connectivity index (χ0v) is 32.2.